The standard InChI is InChI=1S/C12H22BrN/c1-2-14(8-11-4-5-11)10-12(9-13)6-3-7-12/h11H,2-10H2,1H3. The van der Waals surface area contributed by atoms with Gasteiger partial charge in [0, 0.05) is 18.4 Å². The van der Waals surface area contributed by atoms with Crippen LogP contribution in [0.2, 0.25) is 0 Å². The van der Waals surface area contributed by atoms with E-state index in [9.17, 15) is 0 Å². The topological polar surface area (TPSA) is 3.24 Å². The molecule has 2 fully saturated rings. The third-order valence-electron chi connectivity index (χ3n) is 3.92. The Bertz CT molecular complexity index is 179. The molecule has 1 nitrogen and oxygen atoms in total. The van der Waals surface area contributed by atoms with Gasteiger partial charge in [-0.3, -0.25) is 0 Å². The SMILES string of the molecule is CCN(CC1CC1)CC1(CBr)CCC1. The Morgan fingerprint density at radius 3 is 2.43 bits per heavy atom. The Hall–Kier alpha value is 0.440. The molecule has 82 valence electrons. The summed E-state index contributed by atoms with van der Waals surface area (Å²) in [5.74, 6) is 1.04. The summed E-state index contributed by atoms with van der Waals surface area (Å²) < 4.78 is 0. The number of alkyl halides is 1. The summed E-state index contributed by atoms with van der Waals surface area (Å²) in [6.45, 7) is 6.25. The van der Waals surface area contributed by atoms with Crippen LogP contribution in [0.1, 0.15) is 39.0 Å². The lowest BCUT2D eigenvalue weighted by Crippen LogP contribution is -2.44. The molecule has 0 unspecified atom stereocenters. The van der Waals surface area contributed by atoms with E-state index in [1.54, 1.807) is 0 Å². The van der Waals surface area contributed by atoms with Crippen molar-refractivity contribution in [2.24, 2.45) is 11.3 Å². The van der Waals surface area contributed by atoms with Crippen molar-refractivity contribution in [2.75, 3.05) is 25.0 Å². The van der Waals surface area contributed by atoms with E-state index in [4.69, 9.17) is 0 Å². The monoisotopic (exact) mass is 259 g/mol. The normalized spacial score (nSPS) is 25.1. The van der Waals surface area contributed by atoms with Gasteiger partial charge in [0.25, 0.3) is 0 Å². The van der Waals surface area contributed by atoms with Gasteiger partial charge in [0.1, 0.15) is 0 Å². The zero-order chi connectivity index (χ0) is 10.0. The second-order valence-electron chi connectivity index (χ2n) is 5.26. The van der Waals surface area contributed by atoms with Gasteiger partial charge in [-0.15, -0.1) is 0 Å². The molecule has 0 heterocycles. The summed E-state index contributed by atoms with van der Waals surface area (Å²) in [6, 6.07) is 0. The summed E-state index contributed by atoms with van der Waals surface area (Å²) in [5, 5.41) is 1.21. The lowest BCUT2D eigenvalue weighted by molar-refractivity contribution is 0.0915. The highest BCUT2D eigenvalue weighted by molar-refractivity contribution is 9.09. The van der Waals surface area contributed by atoms with Crippen molar-refractivity contribution in [3.63, 3.8) is 0 Å². The Balaban J connectivity index is 1.79. The number of halogens is 1. The summed E-state index contributed by atoms with van der Waals surface area (Å²) in [5.41, 5.74) is 0.644. The fourth-order valence-electron chi connectivity index (χ4n) is 2.46. The molecule has 0 bridgehead atoms. The van der Waals surface area contributed by atoms with Gasteiger partial charge in [-0.05, 0) is 43.6 Å². The molecular weight excluding hydrogens is 238 g/mol. The van der Waals surface area contributed by atoms with Gasteiger partial charge in [-0.1, -0.05) is 29.3 Å². The predicted molar refractivity (Wildman–Crippen MR) is 64.9 cm³/mol. The van der Waals surface area contributed by atoms with Crippen LogP contribution in [-0.4, -0.2) is 29.9 Å². The molecule has 0 aromatic rings. The second-order valence-corrected chi connectivity index (χ2v) is 5.82. The number of rotatable bonds is 6. The zero-order valence-corrected chi connectivity index (χ0v) is 10.9. The first-order chi connectivity index (χ1) is 6.78. The molecule has 0 spiro atoms. The van der Waals surface area contributed by atoms with E-state index in [0.29, 0.717) is 5.41 Å². The summed E-state index contributed by atoms with van der Waals surface area (Å²) in [7, 11) is 0. The quantitative estimate of drug-likeness (QED) is 0.662. The van der Waals surface area contributed by atoms with E-state index in [-0.39, 0.29) is 0 Å². The van der Waals surface area contributed by atoms with Crippen LogP contribution in [0.3, 0.4) is 0 Å². The minimum Gasteiger partial charge on any atom is -0.303 e. The van der Waals surface area contributed by atoms with Crippen molar-refractivity contribution in [3.8, 4) is 0 Å². The molecule has 0 atom stereocenters. The molecule has 0 amide bonds. The maximum absolute atomic E-state index is 3.70. The van der Waals surface area contributed by atoms with Gasteiger partial charge >= 0.3 is 0 Å². The highest BCUT2D eigenvalue weighted by Crippen LogP contribution is 2.43. The average Bonchev–Trinajstić information content (AvgIpc) is 2.93. The van der Waals surface area contributed by atoms with Crippen LogP contribution in [0.15, 0.2) is 0 Å². The van der Waals surface area contributed by atoms with Gasteiger partial charge in [0.15, 0.2) is 0 Å². The van der Waals surface area contributed by atoms with E-state index < -0.39 is 0 Å². The number of hydrogen-bond donors (Lipinski definition) is 0. The Morgan fingerprint density at radius 1 is 1.36 bits per heavy atom. The van der Waals surface area contributed by atoms with Crippen LogP contribution in [0.4, 0.5) is 0 Å². The van der Waals surface area contributed by atoms with Gasteiger partial charge in [-0.25, -0.2) is 0 Å². The maximum Gasteiger partial charge on any atom is 0.0100 e. The molecule has 0 N–H and O–H groups in total. The van der Waals surface area contributed by atoms with E-state index in [2.05, 4.69) is 27.8 Å². The number of hydrogen-bond acceptors (Lipinski definition) is 1. The van der Waals surface area contributed by atoms with E-state index >= 15 is 0 Å². The van der Waals surface area contributed by atoms with E-state index in [1.807, 2.05) is 0 Å². The third kappa shape index (κ3) is 2.52. The summed E-state index contributed by atoms with van der Waals surface area (Å²) >= 11 is 3.70. The molecule has 2 rings (SSSR count). The van der Waals surface area contributed by atoms with Crippen LogP contribution < -0.4 is 0 Å². The molecule has 2 aliphatic rings. The summed E-state index contributed by atoms with van der Waals surface area (Å²) in [4.78, 5) is 2.68. The Kier molecular flexibility index (Phi) is 3.54. The predicted octanol–water partition coefficient (Wildman–Crippen LogP) is 3.28. The molecule has 0 saturated heterocycles. The smallest absolute Gasteiger partial charge is 0.0100 e. The van der Waals surface area contributed by atoms with Crippen LogP contribution in [-0.2, 0) is 0 Å². The fourth-order valence-corrected chi connectivity index (χ4v) is 3.19. The molecule has 14 heavy (non-hydrogen) atoms. The summed E-state index contributed by atoms with van der Waals surface area (Å²) in [6.07, 6.45) is 7.31. The minimum atomic E-state index is 0.644. The van der Waals surface area contributed by atoms with Crippen molar-refractivity contribution in [1.82, 2.24) is 4.90 Å². The largest absolute Gasteiger partial charge is 0.303 e. The lowest BCUT2D eigenvalue weighted by atomic mass is 9.70. The van der Waals surface area contributed by atoms with Crippen LogP contribution >= 0.6 is 15.9 Å². The Labute approximate surface area is 96.4 Å². The van der Waals surface area contributed by atoms with E-state index in [1.165, 1.54) is 57.1 Å². The molecule has 2 saturated carbocycles. The van der Waals surface area contributed by atoms with Crippen LogP contribution in [0, 0.1) is 11.3 Å². The van der Waals surface area contributed by atoms with Gasteiger partial charge in [0.2, 0.25) is 0 Å². The Morgan fingerprint density at radius 2 is 2.07 bits per heavy atom. The second kappa shape index (κ2) is 4.52. The maximum atomic E-state index is 3.70. The molecule has 2 heteroatoms. The van der Waals surface area contributed by atoms with Crippen LogP contribution in [0.5, 0.6) is 0 Å². The van der Waals surface area contributed by atoms with Crippen molar-refractivity contribution >= 4 is 15.9 Å². The van der Waals surface area contributed by atoms with Crippen molar-refractivity contribution in [1.29, 1.82) is 0 Å². The molecule has 0 aliphatic heterocycles. The average molecular weight is 260 g/mol. The molecule has 0 aromatic heterocycles. The highest BCUT2D eigenvalue weighted by Gasteiger charge is 2.38. The number of nitrogens with zero attached hydrogens (tertiary/aromatic N) is 1. The first kappa shape index (κ1) is 10.9. The lowest BCUT2D eigenvalue weighted by Gasteiger charge is -2.44. The van der Waals surface area contributed by atoms with Crippen molar-refractivity contribution in [3.05, 3.63) is 0 Å². The molecule has 2 aliphatic carbocycles. The molecular formula is C12H22BrN. The van der Waals surface area contributed by atoms with Gasteiger partial charge < -0.3 is 4.90 Å². The minimum absolute atomic E-state index is 0.644. The highest BCUT2D eigenvalue weighted by atomic mass is 79.9. The van der Waals surface area contributed by atoms with Gasteiger partial charge in [0.05, 0.1) is 0 Å². The van der Waals surface area contributed by atoms with Crippen LogP contribution in [0.25, 0.3) is 0 Å². The first-order valence-electron chi connectivity index (χ1n) is 6.06. The molecule has 0 aromatic carbocycles. The van der Waals surface area contributed by atoms with Gasteiger partial charge in [-0.2, -0.15) is 0 Å². The fraction of sp³-hybridized carbons (Fsp3) is 1.00. The molecule has 0 radical (unpaired) electrons. The van der Waals surface area contributed by atoms with E-state index in [0.717, 1.165) is 5.92 Å². The first-order valence-corrected chi connectivity index (χ1v) is 7.18. The van der Waals surface area contributed by atoms with Crippen molar-refractivity contribution in [2.45, 2.75) is 39.0 Å². The third-order valence-corrected chi connectivity index (χ3v) is 5.11. The van der Waals surface area contributed by atoms with Crippen molar-refractivity contribution < 1.29 is 0 Å². The zero-order valence-electron chi connectivity index (χ0n) is 9.27.